The number of nitrogens with zero attached hydrogens (tertiary/aromatic N) is 3. The maximum atomic E-state index is 12.7. The van der Waals surface area contributed by atoms with Crippen LogP contribution in [0.3, 0.4) is 0 Å². The van der Waals surface area contributed by atoms with Crippen LogP contribution >= 0.6 is 0 Å². The molecule has 0 saturated carbocycles. The van der Waals surface area contributed by atoms with Crippen molar-refractivity contribution in [3.8, 4) is 0 Å². The Bertz CT molecular complexity index is 937. The fraction of sp³-hybridized carbons (Fsp3) is 0.409. The van der Waals surface area contributed by atoms with Crippen molar-refractivity contribution in [2.75, 3.05) is 28.6 Å². The Hall–Kier alpha value is -3.09. The minimum absolute atomic E-state index is 0.0261. The molecule has 0 aliphatic carbocycles. The lowest BCUT2D eigenvalue weighted by atomic mass is 10.1. The topological polar surface area (TPSA) is 77.6 Å². The van der Waals surface area contributed by atoms with E-state index < -0.39 is 0 Å². The third-order valence-electron chi connectivity index (χ3n) is 5.55. The van der Waals surface area contributed by atoms with E-state index in [1.54, 1.807) is 6.20 Å². The van der Waals surface area contributed by atoms with Crippen LogP contribution in [0.4, 0.5) is 22.9 Å². The van der Waals surface area contributed by atoms with Gasteiger partial charge in [-0.05, 0) is 51.8 Å². The fourth-order valence-corrected chi connectivity index (χ4v) is 4.10. The molecule has 2 aliphatic heterocycles. The van der Waals surface area contributed by atoms with E-state index in [4.69, 9.17) is 0 Å². The highest BCUT2D eigenvalue weighted by atomic mass is 16.2. The highest BCUT2D eigenvalue weighted by Crippen LogP contribution is 2.35. The van der Waals surface area contributed by atoms with E-state index in [1.165, 1.54) is 0 Å². The van der Waals surface area contributed by atoms with Crippen LogP contribution in [0.2, 0.25) is 0 Å². The maximum absolute atomic E-state index is 12.7. The molecule has 29 heavy (non-hydrogen) atoms. The number of likely N-dealkylation sites (tertiary alicyclic amines) is 1. The van der Waals surface area contributed by atoms with Crippen molar-refractivity contribution in [1.29, 1.82) is 0 Å². The molecule has 1 saturated heterocycles. The Morgan fingerprint density at radius 1 is 1.24 bits per heavy atom. The molecule has 0 radical (unpaired) electrons. The van der Waals surface area contributed by atoms with Crippen molar-refractivity contribution in [2.45, 2.75) is 45.7 Å². The highest BCUT2D eigenvalue weighted by molar-refractivity contribution is 6.03. The molecule has 7 heteroatoms. The summed E-state index contributed by atoms with van der Waals surface area (Å²) < 4.78 is 0. The van der Waals surface area contributed by atoms with Gasteiger partial charge in [-0.25, -0.2) is 4.98 Å². The molecule has 7 nitrogen and oxygen atoms in total. The molecule has 152 valence electrons. The number of carbonyl (C=O) groups is 2. The number of anilines is 4. The van der Waals surface area contributed by atoms with Crippen molar-refractivity contribution in [2.24, 2.45) is 0 Å². The second kappa shape index (κ2) is 7.73. The molecular formula is C22H27N5O2. The summed E-state index contributed by atoms with van der Waals surface area (Å²) in [5, 5.41) is 6.22. The summed E-state index contributed by atoms with van der Waals surface area (Å²) in [6, 6.07) is 9.39. The third-order valence-corrected chi connectivity index (χ3v) is 5.55. The summed E-state index contributed by atoms with van der Waals surface area (Å²) in [5.41, 5.74) is 3.14. The number of benzene rings is 1. The zero-order valence-corrected chi connectivity index (χ0v) is 17.1. The van der Waals surface area contributed by atoms with Gasteiger partial charge in [0.15, 0.2) is 0 Å². The number of carbonyl (C=O) groups excluding carboxylic acids is 2. The second-order valence-electron chi connectivity index (χ2n) is 7.96. The van der Waals surface area contributed by atoms with E-state index >= 15 is 0 Å². The summed E-state index contributed by atoms with van der Waals surface area (Å²) in [6.45, 7) is 7.70. The van der Waals surface area contributed by atoms with E-state index in [2.05, 4.69) is 34.4 Å². The van der Waals surface area contributed by atoms with Gasteiger partial charge >= 0.3 is 0 Å². The van der Waals surface area contributed by atoms with Gasteiger partial charge in [-0.1, -0.05) is 6.07 Å². The van der Waals surface area contributed by atoms with Gasteiger partial charge in [-0.15, -0.1) is 0 Å². The Labute approximate surface area is 171 Å². The monoisotopic (exact) mass is 393 g/mol. The first-order valence-electron chi connectivity index (χ1n) is 10.2. The molecule has 4 rings (SSSR count). The Morgan fingerprint density at radius 3 is 2.72 bits per heavy atom. The number of amides is 2. The van der Waals surface area contributed by atoms with Crippen molar-refractivity contribution in [3.05, 3.63) is 42.1 Å². The molecule has 2 N–H and O–H groups in total. The molecule has 2 amide bonds. The third kappa shape index (κ3) is 3.77. The lowest BCUT2D eigenvalue weighted by Crippen LogP contribution is -2.49. The molecule has 1 fully saturated rings. The number of nitrogens with one attached hydrogen (secondary N) is 2. The fourth-order valence-electron chi connectivity index (χ4n) is 4.10. The first-order chi connectivity index (χ1) is 13.9. The summed E-state index contributed by atoms with van der Waals surface area (Å²) in [6.07, 6.45) is 3.82. The van der Waals surface area contributed by atoms with Crippen LogP contribution < -0.4 is 15.5 Å². The van der Waals surface area contributed by atoms with Gasteiger partial charge in [0.1, 0.15) is 11.9 Å². The van der Waals surface area contributed by atoms with E-state index in [0.717, 1.165) is 37.3 Å². The number of hydrogen-bond donors (Lipinski definition) is 2. The highest BCUT2D eigenvalue weighted by Gasteiger charge is 2.31. The number of hydrogen-bond acceptors (Lipinski definition) is 5. The number of fused-ring (bicyclic) bond motifs is 1. The standard InChI is InChI=1S/C22H27N5O2/c1-14(2)27-15(3)21(28)25-18-13-23-20(12-19(18)27)24-17-8-6-7-16(11-17)22(29)26-9-4-5-10-26/h6-8,11-15H,4-5,9-10H2,1-3H3,(H,23,24)(H,25,28). The first-order valence-corrected chi connectivity index (χ1v) is 10.2. The van der Waals surface area contributed by atoms with Crippen molar-refractivity contribution in [3.63, 3.8) is 0 Å². The molecule has 3 heterocycles. The summed E-state index contributed by atoms with van der Waals surface area (Å²) in [7, 11) is 0. The maximum Gasteiger partial charge on any atom is 0.253 e. The second-order valence-corrected chi connectivity index (χ2v) is 7.96. The zero-order chi connectivity index (χ0) is 20.5. The van der Waals surface area contributed by atoms with E-state index in [-0.39, 0.29) is 23.9 Å². The van der Waals surface area contributed by atoms with Crippen molar-refractivity contribution in [1.82, 2.24) is 9.88 Å². The molecule has 1 atom stereocenters. The Morgan fingerprint density at radius 2 is 2.00 bits per heavy atom. The van der Waals surface area contributed by atoms with Gasteiger partial charge in [0, 0.05) is 36.4 Å². The molecule has 1 aromatic heterocycles. The van der Waals surface area contributed by atoms with Gasteiger partial charge < -0.3 is 20.4 Å². The number of aromatic nitrogens is 1. The van der Waals surface area contributed by atoms with Gasteiger partial charge in [0.2, 0.25) is 5.91 Å². The van der Waals surface area contributed by atoms with Gasteiger partial charge in [-0.3, -0.25) is 9.59 Å². The van der Waals surface area contributed by atoms with Crippen molar-refractivity contribution < 1.29 is 9.59 Å². The lowest BCUT2D eigenvalue weighted by molar-refractivity contribution is -0.117. The zero-order valence-electron chi connectivity index (χ0n) is 17.1. The van der Waals surface area contributed by atoms with Gasteiger partial charge in [-0.2, -0.15) is 0 Å². The smallest absolute Gasteiger partial charge is 0.253 e. The minimum atomic E-state index is -0.251. The quantitative estimate of drug-likeness (QED) is 0.830. The summed E-state index contributed by atoms with van der Waals surface area (Å²) in [5.74, 6) is 0.720. The predicted molar refractivity (Wildman–Crippen MR) is 115 cm³/mol. The lowest BCUT2D eigenvalue weighted by Gasteiger charge is -2.39. The van der Waals surface area contributed by atoms with Crippen molar-refractivity contribution >= 4 is 34.7 Å². The van der Waals surface area contributed by atoms with Gasteiger partial charge in [0.25, 0.3) is 5.91 Å². The van der Waals surface area contributed by atoms with Crippen LogP contribution in [0, 0.1) is 0 Å². The van der Waals surface area contributed by atoms with Crippen LogP contribution in [0.25, 0.3) is 0 Å². The average molecular weight is 393 g/mol. The Balaban J connectivity index is 1.58. The van der Waals surface area contributed by atoms with E-state index in [0.29, 0.717) is 17.1 Å². The summed E-state index contributed by atoms with van der Waals surface area (Å²) >= 11 is 0. The van der Waals surface area contributed by atoms with Crippen LogP contribution in [0.1, 0.15) is 44.0 Å². The summed E-state index contributed by atoms with van der Waals surface area (Å²) in [4.78, 5) is 33.3. The normalized spacial score (nSPS) is 18.6. The average Bonchev–Trinajstić information content (AvgIpc) is 3.23. The van der Waals surface area contributed by atoms with Crippen LogP contribution in [0.15, 0.2) is 36.5 Å². The number of pyridine rings is 1. The molecular weight excluding hydrogens is 366 g/mol. The molecule has 0 spiro atoms. The van der Waals surface area contributed by atoms with Crippen LogP contribution in [-0.2, 0) is 4.79 Å². The Kier molecular flexibility index (Phi) is 5.13. The molecule has 2 aromatic rings. The van der Waals surface area contributed by atoms with E-state index in [9.17, 15) is 9.59 Å². The molecule has 0 bridgehead atoms. The SMILES string of the molecule is CC(C)N1c2cc(Nc3cccc(C(=O)N4CCCC4)c3)ncc2NC(=O)C1C. The predicted octanol–water partition coefficient (Wildman–Crippen LogP) is 3.62. The van der Waals surface area contributed by atoms with Crippen LogP contribution in [0.5, 0.6) is 0 Å². The minimum Gasteiger partial charge on any atom is -0.356 e. The van der Waals surface area contributed by atoms with E-state index in [1.807, 2.05) is 42.2 Å². The van der Waals surface area contributed by atoms with Crippen LogP contribution in [-0.4, -0.2) is 46.9 Å². The number of rotatable bonds is 4. The molecule has 1 unspecified atom stereocenters. The van der Waals surface area contributed by atoms with Gasteiger partial charge in [0.05, 0.1) is 17.6 Å². The first kappa shape index (κ1) is 19.2. The largest absolute Gasteiger partial charge is 0.356 e. The molecule has 1 aromatic carbocycles. The molecule has 2 aliphatic rings.